The highest BCUT2D eigenvalue weighted by molar-refractivity contribution is 6.31. The largest absolute Gasteiger partial charge is 0.489 e. The second kappa shape index (κ2) is 15.8. The number of ether oxygens (including phenoxy) is 1. The number of anilines is 2. The number of rotatable bonds is 9. The van der Waals surface area contributed by atoms with Gasteiger partial charge in [0, 0.05) is 92.1 Å². The molecule has 3 aromatic carbocycles. The molecule has 1 aliphatic carbocycles. The molecule has 4 aliphatic heterocycles. The number of carbonyl (C=O) groups is 5. The van der Waals surface area contributed by atoms with Crippen LogP contribution in [0, 0.1) is 33.9 Å². The van der Waals surface area contributed by atoms with E-state index in [1.54, 1.807) is 24.3 Å². The summed E-state index contributed by atoms with van der Waals surface area (Å²) in [5.74, 6) is -2.58. The predicted octanol–water partition coefficient (Wildman–Crippen LogP) is 5.40. The molecule has 4 heterocycles. The summed E-state index contributed by atoms with van der Waals surface area (Å²) in [7, 11) is 0. The number of fused-ring (bicyclic) bond motifs is 1. The van der Waals surface area contributed by atoms with Crippen molar-refractivity contribution in [1.29, 1.82) is 5.26 Å². The fourth-order valence-corrected chi connectivity index (χ4v) is 10.5. The molecule has 0 spiro atoms. The quantitative estimate of drug-likeness (QED) is 0.268. The molecule has 2 N–H and O–H groups in total. The van der Waals surface area contributed by atoms with Crippen molar-refractivity contribution in [2.75, 3.05) is 55.6 Å². The molecular formula is C45H49ClFN7O6. The minimum absolute atomic E-state index is 0.00460. The van der Waals surface area contributed by atoms with Crippen LogP contribution in [0.5, 0.6) is 5.75 Å². The molecule has 3 aromatic rings. The molecular weight excluding hydrogens is 789 g/mol. The van der Waals surface area contributed by atoms with Crippen molar-refractivity contribution in [1.82, 2.24) is 20.4 Å². The van der Waals surface area contributed by atoms with Gasteiger partial charge in [0.15, 0.2) is 0 Å². The number of imide groups is 2. The van der Waals surface area contributed by atoms with Crippen LogP contribution < -0.4 is 25.2 Å². The number of benzene rings is 3. The van der Waals surface area contributed by atoms with Crippen LogP contribution in [0.2, 0.25) is 5.02 Å². The number of piperidine rings is 2. The fraction of sp³-hybridized carbons (Fsp3) is 0.467. The molecule has 60 heavy (non-hydrogen) atoms. The number of nitrogens with one attached hydrogen (secondary N) is 2. The van der Waals surface area contributed by atoms with E-state index in [1.165, 1.54) is 6.07 Å². The lowest BCUT2D eigenvalue weighted by molar-refractivity contribution is -0.164. The van der Waals surface area contributed by atoms with E-state index in [2.05, 4.69) is 54.2 Å². The van der Waals surface area contributed by atoms with Crippen molar-refractivity contribution in [3.8, 4) is 11.8 Å². The molecule has 5 amide bonds. The van der Waals surface area contributed by atoms with Crippen molar-refractivity contribution in [2.45, 2.75) is 71.6 Å². The molecule has 8 rings (SSSR count). The van der Waals surface area contributed by atoms with Gasteiger partial charge in [-0.1, -0.05) is 39.3 Å². The number of hydrogen-bond acceptors (Lipinski definition) is 10. The highest BCUT2D eigenvalue weighted by atomic mass is 35.5. The van der Waals surface area contributed by atoms with E-state index in [9.17, 15) is 29.2 Å². The molecule has 1 unspecified atom stereocenters. The van der Waals surface area contributed by atoms with Gasteiger partial charge in [-0.15, -0.1) is 0 Å². The Hall–Kier alpha value is -5.52. The maximum absolute atomic E-state index is 15.4. The van der Waals surface area contributed by atoms with E-state index in [0.29, 0.717) is 46.6 Å². The summed E-state index contributed by atoms with van der Waals surface area (Å²) in [6, 6.07) is 16.5. The number of carbonyl (C=O) groups excluding carboxylic acids is 5. The maximum atomic E-state index is 15.4. The lowest BCUT2D eigenvalue weighted by atomic mass is 9.49. The van der Waals surface area contributed by atoms with Crippen molar-refractivity contribution >= 4 is 52.5 Å². The zero-order chi connectivity index (χ0) is 42.7. The molecule has 1 atom stereocenters. The Balaban J connectivity index is 0.799. The Labute approximate surface area is 353 Å². The van der Waals surface area contributed by atoms with Crippen LogP contribution in [0.4, 0.5) is 15.8 Å². The summed E-state index contributed by atoms with van der Waals surface area (Å²) >= 11 is 6.25. The molecule has 314 valence electrons. The molecule has 0 radical (unpaired) electrons. The highest BCUT2D eigenvalue weighted by Crippen LogP contribution is 2.55. The minimum Gasteiger partial charge on any atom is -0.489 e. The van der Waals surface area contributed by atoms with Crippen LogP contribution in [-0.2, 0) is 9.59 Å². The fourth-order valence-electron chi connectivity index (χ4n) is 10.3. The molecule has 15 heteroatoms. The third kappa shape index (κ3) is 7.47. The first-order chi connectivity index (χ1) is 28.6. The van der Waals surface area contributed by atoms with E-state index in [4.69, 9.17) is 16.3 Å². The van der Waals surface area contributed by atoms with Gasteiger partial charge in [-0.2, -0.15) is 5.26 Å². The van der Waals surface area contributed by atoms with Crippen LogP contribution in [0.25, 0.3) is 0 Å². The van der Waals surface area contributed by atoms with Gasteiger partial charge in [0.2, 0.25) is 11.8 Å². The average Bonchev–Trinajstić information content (AvgIpc) is 3.48. The zero-order valence-corrected chi connectivity index (χ0v) is 35.0. The molecule has 0 aromatic heterocycles. The number of hydrogen-bond donors (Lipinski definition) is 2. The smallest absolute Gasteiger partial charge is 0.265 e. The van der Waals surface area contributed by atoms with Crippen LogP contribution in [-0.4, -0.2) is 103 Å². The number of nitriles is 1. The zero-order valence-electron chi connectivity index (χ0n) is 34.2. The Bertz CT molecular complexity index is 2280. The van der Waals surface area contributed by atoms with E-state index in [1.807, 2.05) is 29.2 Å². The first-order valence-electron chi connectivity index (χ1n) is 20.6. The monoisotopic (exact) mass is 837 g/mol. The lowest BCUT2D eigenvalue weighted by Gasteiger charge is -2.63. The van der Waals surface area contributed by atoms with Gasteiger partial charge < -0.3 is 19.9 Å². The van der Waals surface area contributed by atoms with E-state index >= 15 is 4.39 Å². The van der Waals surface area contributed by atoms with Crippen LogP contribution >= 0.6 is 11.6 Å². The first kappa shape index (κ1) is 41.2. The van der Waals surface area contributed by atoms with Gasteiger partial charge in [-0.3, -0.25) is 39.1 Å². The summed E-state index contributed by atoms with van der Waals surface area (Å²) < 4.78 is 21.8. The topological polar surface area (TPSA) is 155 Å². The van der Waals surface area contributed by atoms with E-state index in [0.717, 1.165) is 56.2 Å². The molecule has 5 aliphatic rings. The van der Waals surface area contributed by atoms with Gasteiger partial charge in [-0.05, 0) is 73.7 Å². The van der Waals surface area contributed by atoms with Crippen molar-refractivity contribution < 1.29 is 33.1 Å². The van der Waals surface area contributed by atoms with Gasteiger partial charge in [0.05, 0.1) is 21.7 Å². The van der Waals surface area contributed by atoms with Gasteiger partial charge in [0.25, 0.3) is 17.7 Å². The lowest BCUT2D eigenvalue weighted by Crippen LogP contribution is -2.74. The summed E-state index contributed by atoms with van der Waals surface area (Å²) in [4.78, 5) is 71.6. The van der Waals surface area contributed by atoms with Crippen LogP contribution in [0.1, 0.15) is 90.0 Å². The van der Waals surface area contributed by atoms with Gasteiger partial charge in [0.1, 0.15) is 29.8 Å². The molecule has 0 bridgehead atoms. The van der Waals surface area contributed by atoms with E-state index < -0.39 is 35.5 Å². The molecule has 1 saturated carbocycles. The molecule has 13 nitrogen and oxygen atoms in total. The highest BCUT2D eigenvalue weighted by Gasteiger charge is 2.64. The molecule has 3 saturated heterocycles. The SMILES string of the molecule is CC1(C)C(NC(=O)c2ccc(N3CCC(CN4CCN(c5cc(F)c6c(c5)C(=O)N(C5CCC(=O)NC5=O)C6=O)CC4)CC3)cc2)C(C)(C)C1Oc1ccc(C#N)c(Cl)c1. The Morgan fingerprint density at radius 1 is 0.883 bits per heavy atom. The second-order valence-corrected chi connectivity index (χ2v) is 18.3. The summed E-state index contributed by atoms with van der Waals surface area (Å²) in [5, 5.41) is 15.0. The number of piperazine rings is 1. The summed E-state index contributed by atoms with van der Waals surface area (Å²) in [5.41, 5.74) is 1.48. The Morgan fingerprint density at radius 3 is 2.18 bits per heavy atom. The third-order valence-electron chi connectivity index (χ3n) is 13.3. The summed E-state index contributed by atoms with van der Waals surface area (Å²) in [6.07, 6.45) is 1.87. The Morgan fingerprint density at radius 2 is 1.55 bits per heavy atom. The maximum Gasteiger partial charge on any atom is 0.265 e. The standard InChI is InChI=1S/C45H49ClFN7O6/c1-44(2)42(45(3,4)43(44)60-31-10-7-28(24-48)33(46)23-31)50-38(56)27-5-8-29(9-6-27)52-15-13-26(14-16-52)25-51-17-19-53(20-18-51)30-21-32-37(34(47)22-30)41(59)54(40(32)58)35-11-12-36(55)49-39(35)57/h5-10,21-23,26,35,42-43H,11-20,25H2,1-4H3,(H,50,56)(H,49,55,57). The summed E-state index contributed by atoms with van der Waals surface area (Å²) in [6.45, 7) is 13.9. The predicted molar refractivity (Wildman–Crippen MR) is 223 cm³/mol. The van der Waals surface area contributed by atoms with Gasteiger partial charge in [-0.25, -0.2) is 4.39 Å². The Kier molecular flexibility index (Phi) is 10.9. The average molecular weight is 838 g/mol. The minimum atomic E-state index is -1.15. The van der Waals surface area contributed by atoms with Crippen molar-refractivity contribution in [2.24, 2.45) is 16.7 Å². The van der Waals surface area contributed by atoms with E-state index in [-0.39, 0.29) is 52.9 Å². The number of halogens is 2. The second-order valence-electron chi connectivity index (χ2n) is 17.9. The first-order valence-corrected chi connectivity index (χ1v) is 21.0. The molecule has 4 fully saturated rings. The van der Waals surface area contributed by atoms with Crippen LogP contribution in [0.3, 0.4) is 0 Å². The third-order valence-corrected chi connectivity index (χ3v) is 13.6. The number of amides is 5. The van der Waals surface area contributed by atoms with Crippen molar-refractivity contribution in [3.63, 3.8) is 0 Å². The normalized spacial score (nSPS) is 24.1. The van der Waals surface area contributed by atoms with Crippen molar-refractivity contribution in [3.05, 3.63) is 87.7 Å². The van der Waals surface area contributed by atoms with Crippen LogP contribution in [0.15, 0.2) is 54.6 Å². The number of nitrogens with zero attached hydrogens (tertiary/aromatic N) is 5. The van der Waals surface area contributed by atoms with Gasteiger partial charge >= 0.3 is 0 Å².